The molecule has 0 aliphatic carbocycles. The lowest BCUT2D eigenvalue weighted by Crippen LogP contribution is -2.12. The molecule has 1 N–H and O–H groups in total. The van der Waals surface area contributed by atoms with Gasteiger partial charge in [0.15, 0.2) is 5.69 Å². The van der Waals surface area contributed by atoms with Crippen molar-refractivity contribution in [1.29, 1.82) is 0 Å². The molecular weight excluding hydrogens is 330 g/mol. The van der Waals surface area contributed by atoms with Crippen LogP contribution in [0.15, 0.2) is 60.8 Å². The molecule has 0 atom stereocenters. The van der Waals surface area contributed by atoms with Crippen LogP contribution in [0.4, 0.5) is 14.5 Å². The van der Waals surface area contributed by atoms with Crippen LogP contribution in [0.2, 0.25) is 0 Å². The van der Waals surface area contributed by atoms with Crippen molar-refractivity contribution in [2.75, 3.05) is 5.32 Å². The topological polar surface area (TPSA) is 69.0 Å². The lowest BCUT2D eigenvalue weighted by atomic mass is 10.2. The van der Waals surface area contributed by atoms with E-state index in [-0.39, 0.29) is 11.4 Å². The zero-order valence-corrected chi connectivity index (χ0v) is 13.0. The highest BCUT2D eigenvalue weighted by Crippen LogP contribution is 2.18. The predicted molar refractivity (Wildman–Crippen MR) is 86.6 cm³/mol. The van der Waals surface area contributed by atoms with Crippen LogP contribution in [0, 0.1) is 0 Å². The number of hydrogen-bond acceptors (Lipinski definition) is 4. The molecular formula is C17H14F2N4O2. The SMILES string of the molecule is O=C(Nc1ccc(OC(F)F)cc1)c1cn(Cc2ccccc2)nn1. The van der Waals surface area contributed by atoms with E-state index in [1.165, 1.54) is 30.5 Å². The third-order valence-electron chi connectivity index (χ3n) is 3.30. The Morgan fingerprint density at radius 3 is 2.52 bits per heavy atom. The van der Waals surface area contributed by atoms with Crippen LogP contribution in [0.3, 0.4) is 0 Å². The number of ether oxygens (including phenoxy) is 1. The number of carbonyl (C=O) groups excluding carboxylic acids is 1. The minimum absolute atomic E-state index is 0.0156. The number of carbonyl (C=O) groups is 1. The van der Waals surface area contributed by atoms with Gasteiger partial charge in [0.2, 0.25) is 0 Å². The summed E-state index contributed by atoms with van der Waals surface area (Å²) in [5, 5.41) is 10.4. The average molecular weight is 344 g/mol. The minimum atomic E-state index is -2.89. The van der Waals surface area contributed by atoms with Gasteiger partial charge in [-0.3, -0.25) is 4.79 Å². The Bertz CT molecular complexity index is 835. The third kappa shape index (κ3) is 4.60. The highest BCUT2D eigenvalue weighted by molar-refractivity contribution is 6.02. The number of anilines is 1. The summed E-state index contributed by atoms with van der Waals surface area (Å²) in [6.07, 6.45) is 1.54. The van der Waals surface area contributed by atoms with Crippen LogP contribution in [0.1, 0.15) is 16.1 Å². The van der Waals surface area contributed by atoms with Crippen LogP contribution in [-0.2, 0) is 6.54 Å². The summed E-state index contributed by atoms with van der Waals surface area (Å²) in [6.45, 7) is -2.39. The maximum absolute atomic E-state index is 12.2. The first-order chi connectivity index (χ1) is 12.1. The fourth-order valence-corrected chi connectivity index (χ4v) is 2.17. The summed E-state index contributed by atoms with van der Waals surface area (Å²) < 4.78 is 30.0. The van der Waals surface area contributed by atoms with E-state index in [9.17, 15) is 13.6 Å². The van der Waals surface area contributed by atoms with Gasteiger partial charge in [-0.2, -0.15) is 8.78 Å². The molecule has 1 amide bonds. The van der Waals surface area contributed by atoms with E-state index in [4.69, 9.17) is 0 Å². The number of aromatic nitrogens is 3. The van der Waals surface area contributed by atoms with Crippen LogP contribution in [0.5, 0.6) is 5.75 Å². The number of rotatable bonds is 6. The van der Waals surface area contributed by atoms with Gasteiger partial charge >= 0.3 is 6.61 Å². The van der Waals surface area contributed by atoms with Gasteiger partial charge in [-0.1, -0.05) is 35.5 Å². The molecule has 6 nitrogen and oxygen atoms in total. The second-order valence-corrected chi connectivity index (χ2v) is 5.14. The second-order valence-electron chi connectivity index (χ2n) is 5.14. The highest BCUT2D eigenvalue weighted by atomic mass is 19.3. The van der Waals surface area contributed by atoms with Crippen molar-refractivity contribution < 1.29 is 18.3 Å². The lowest BCUT2D eigenvalue weighted by molar-refractivity contribution is -0.0498. The largest absolute Gasteiger partial charge is 0.435 e. The summed E-state index contributed by atoms with van der Waals surface area (Å²) in [7, 11) is 0. The van der Waals surface area contributed by atoms with Crippen molar-refractivity contribution in [3.63, 3.8) is 0 Å². The number of halogens is 2. The third-order valence-corrected chi connectivity index (χ3v) is 3.30. The first kappa shape index (κ1) is 16.6. The van der Waals surface area contributed by atoms with E-state index >= 15 is 0 Å². The van der Waals surface area contributed by atoms with E-state index in [0.29, 0.717) is 12.2 Å². The Morgan fingerprint density at radius 1 is 1.12 bits per heavy atom. The average Bonchev–Trinajstić information content (AvgIpc) is 3.06. The van der Waals surface area contributed by atoms with Crippen LogP contribution >= 0.6 is 0 Å². The summed E-state index contributed by atoms with van der Waals surface area (Å²) in [5.41, 5.74) is 1.63. The van der Waals surface area contributed by atoms with Gasteiger partial charge in [0, 0.05) is 5.69 Å². The molecule has 0 aliphatic heterocycles. The number of benzene rings is 2. The molecule has 1 aromatic heterocycles. The van der Waals surface area contributed by atoms with E-state index in [1.807, 2.05) is 30.3 Å². The smallest absolute Gasteiger partial charge is 0.387 e. The normalized spacial score (nSPS) is 10.7. The monoisotopic (exact) mass is 344 g/mol. The summed E-state index contributed by atoms with van der Waals surface area (Å²) in [5.74, 6) is -0.427. The second kappa shape index (κ2) is 7.52. The van der Waals surface area contributed by atoms with Crippen molar-refractivity contribution in [2.45, 2.75) is 13.2 Å². The van der Waals surface area contributed by atoms with Gasteiger partial charge in [0.05, 0.1) is 12.7 Å². The first-order valence-electron chi connectivity index (χ1n) is 7.40. The number of nitrogens with zero attached hydrogens (tertiary/aromatic N) is 3. The minimum Gasteiger partial charge on any atom is -0.435 e. The molecule has 0 bridgehead atoms. The molecule has 1 heterocycles. The Morgan fingerprint density at radius 2 is 1.84 bits per heavy atom. The van der Waals surface area contributed by atoms with Crippen molar-refractivity contribution in [2.24, 2.45) is 0 Å². The van der Waals surface area contributed by atoms with Crippen LogP contribution in [0.25, 0.3) is 0 Å². The molecule has 3 aromatic rings. The zero-order valence-electron chi connectivity index (χ0n) is 13.0. The van der Waals surface area contributed by atoms with E-state index in [1.54, 1.807) is 4.68 Å². The van der Waals surface area contributed by atoms with Crippen molar-refractivity contribution in [3.8, 4) is 5.75 Å². The van der Waals surface area contributed by atoms with Gasteiger partial charge < -0.3 is 10.1 Å². The molecule has 8 heteroatoms. The lowest BCUT2D eigenvalue weighted by Gasteiger charge is -2.06. The summed E-state index contributed by atoms with van der Waals surface area (Å²) in [6, 6.07) is 15.3. The molecule has 128 valence electrons. The quantitative estimate of drug-likeness (QED) is 0.746. The van der Waals surface area contributed by atoms with Crippen molar-refractivity contribution >= 4 is 11.6 Å². The number of nitrogens with one attached hydrogen (secondary N) is 1. The maximum atomic E-state index is 12.2. The summed E-state index contributed by atoms with van der Waals surface area (Å²) >= 11 is 0. The first-order valence-corrected chi connectivity index (χ1v) is 7.40. The van der Waals surface area contributed by atoms with Crippen molar-refractivity contribution in [1.82, 2.24) is 15.0 Å². The fraction of sp³-hybridized carbons (Fsp3) is 0.118. The van der Waals surface area contributed by atoms with Crippen molar-refractivity contribution in [3.05, 3.63) is 72.1 Å². The Kier molecular flexibility index (Phi) is 4.98. The molecule has 0 saturated carbocycles. The molecule has 25 heavy (non-hydrogen) atoms. The molecule has 0 radical (unpaired) electrons. The van der Waals surface area contributed by atoms with Crippen LogP contribution < -0.4 is 10.1 Å². The van der Waals surface area contributed by atoms with Gasteiger partial charge in [-0.15, -0.1) is 5.10 Å². The Labute approximate surface area is 142 Å². The molecule has 0 aliphatic rings. The van der Waals surface area contributed by atoms with Gasteiger partial charge in [-0.05, 0) is 29.8 Å². The number of hydrogen-bond donors (Lipinski definition) is 1. The van der Waals surface area contributed by atoms with E-state index in [0.717, 1.165) is 5.56 Å². The molecule has 0 fully saturated rings. The Balaban J connectivity index is 1.62. The molecule has 3 rings (SSSR count). The standard InChI is InChI=1S/C17H14F2N4O2/c18-17(19)25-14-8-6-13(7-9-14)20-16(24)15-11-23(22-21-15)10-12-4-2-1-3-5-12/h1-9,11,17H,10H2,(H,20,24). The molecule has 0 spiro atoms. The number of alkyl halides is 2. The molecule has 2 aromatic carbocycles. The van der Waals surface area contributed by atoms with Gasteiger partial charge in [0.25, 0.3) is 5.91 Å². The predicted octanol–water partition coefficient (Wildman–Crippen LogP) is 3.18. The fourth-order valence-electron chi connectivity index (χ4n) is 2.17. The summed E-state index contributed by atoms with van der Waals surface area (Å²) in [4.78, 5) is 12.2. The van der Waals surface area contributed by atoms with Crippen LogP contribution in [-0.4, -0.2) is 27.5 Å². The molecule has 0 saturated heterocycles. The van der Waals surface area contributed by atoms with E-state index < -0.39 is 12.5 Å². The molecule has 0 unspecified atom stereocenters. The van der Waals surface area contributed by atoms with Gasteiger partial charge in [-0.25, -0.2) is 4.68 Å². The van der Waals surface area contributed by atoms with E-state index in [2.05, 4.69) is 20.4 Å². The highest BCUT2D eigenvalue weighted by Gasteiger charge is 2.12. The Hall–Kier alpha value is -3.29. The number of amides is 1. The zero-order chi connectivity index (χ0) is 17.6. The van der Waals surface area contributed by atoms with Gasteiger partial charge in [0.1, 0.15) is 5.75 Å². The maximum Gasteiger partial charge on any atom is 0.387 e.